The highest BCUT2D eigenvalue weighted by molar-refractivity contribution is 6.07. The highest BCUT2D eigenvalue weighted by Crippen LogP contribution is 2.42. The van der Waals surface area contributed by atoms with Crippen molar-refractivity contribution < 1.29 is 4.79 Å². The third kappa shape index (κ3) is 3.31. The van der Waals surface area contributed by atoms with E-state index >= 15 is 0 Å². The number of benzene rings is 3. The van der Waals surface area contributed by atoms with Crippen LogP contribution in [0.4, 0.5) is 5.69 Å². The number of carbonyl (C=O) groups is 1. The van der Waals surface area contributed by atoms with Gasteiger partial charge in [0.1, 0.15) is 0 Å². The third-order valence-corrected chi connectivity index (χ3v) is 5.31. The van der Waals surface area contributed by atoms with Crippen molar-refractivity contribution in [1.82, 2.24) is 10.2 Å². The van der Waals surface area contributed by atoms with Crippen molar-refractivity contribution in [2.24, 2.45) is 5.73 Å². The first-order valence-corrected chi connectivity index (χ1v) is 9.70. The minimum absolute atomic E-state index is 0.442. The number of aromatic nitrogens is 2. The van der Waals surface area contributed by atoms with Gasteiger partial charge in [-0.1, -0.05) is 42.5 Å². The lowest BCUT2D eigenvalue weighted by Crippen LogP contribution is -2.14. The number of nitrogens with one attached hydrogen (secondary N) is 1. The first kappa shape index (κ1) is 17.4. The Hall–Kier alpha value is -3.73. The van der Waals surface area contributed by atoms with Gasteiger partial charge in [-0.25, -0.2) is 0 Å². The van der Waals surface area contributed by atoms with E-state index in [1.165, 1.54) is 0 Å². The zero-order valence-electron chi connectivity index (χ0n) is 15.8. The van der Waals surface area contributed by atoms with Crippen LogP contribution in [0.1, 0.15) is 23.2 Å². The average molecular weight is 380 g/mol. The third-order valence-electron chi connectivity index (χ3n) is 5.31. The average Bonchev–Trinajstić information content (AvgIpc) is 3.57. The lowest BCUT2D eigenvalue weighted by Gasteiger charge is -2.20. The number of primary amides is 1. The quantitative estimate of drug-likeness (QED) is 0.529. The van der Waals surface area contributed by atoms with E-state index in [0.29, 0.717) is 11.6 Å². The first-order chi connectivity index (χ1) is 14.2. The summed E-state index contributed by atoms with van der Waals surface area (Å²) in [5.74, 6) is -0.442. The van der Waals surface area contributed by atoms with E-state index in [0.717, 1.165) is 51.6 Å². The van der Waals surface area contributed by atoms with Gasteiger partial charge in [-0.2, -0.15) is 10.2 Å². The topological polar surface area (TPSA) is 80.9 Å². The molecule has 5 heteroatoms. The van der Waals surface area contributed by atoms with E-state index in [-0.39, 0.29) is 0 Å². The van der Waals surface area contributed by atoms with Crippen LogP contribution in [0.2, 0.25) is 0 Å². The van der Waals surface area contributed by atoms with Crippen LogP contribution in [0.3, 0.4) is 0 Å². The normalized spacial score (nSPS) is 13.4. The predicted molar refractivity (Wildman–Crippen MR) is 116 cm³/mol. The number of nitrogens with two attached hydrogens (primary N) is 1. The summed E-state index contributed by atoms with van der Waals surface area (Å²) < 4.78 is 0. The molecule has 1 aliphatic rings. The zero-order chi connectivity index (χ0) is 19.8. The van der Waals surface area contributed by atoms with E-state index in [1.807, 2.05) is 48.5 Å². The van der Waals surface area contributed by atoms with Crippen LogP contribution in [-0.2, 0) is 0 Å². The van der Waals surface area contributed by atoms with Crippen molar-refractivity contribution in [2.75, 3.05) is 5.32 Å². The molecule has 142 valence electrons. The monoisotopic (exact) mass is 380 g/mol. The van der Waals surface area contributed by atoms with E-state index in [1.54, 1.807) is 12.4 Å². The molecule has 0 aliphatic heterocycles. The molecule has 1 aliphatic carbocycles. The summed E-state index contributed by atoms with van der Waals surface area (Å²) in [5, 5.41) is 13.5. The summed E-state index contributed by atoms with van der Waals surface area (Å²) in [7, 11) is 0. The van der Waals surface area contributed by atoms with Crippen molar-refractivity contribution in [3.63, 3.8) is 0 Å². The minimum Gasteiger partial charge on any atom is -0.382 e. The second kappa shape index (κ2) is 7.02. The molecular formula is C24H20N4O. The Bertz CT molecular complexity index is 1220. The van der Waals surface area contributed by atoms with Gasteiger partial charge >= 0.3 is 0 Å². The fourth-order valence-electron chi connectivity index (χ4n) is 3.73. The minimum atomic E-state index is -0.442. The van der Waals surface area contributed by atoms with Crippen LogP contribution < -0.4 is 11.1 Å². The molecule has 0 radical (unpaired) electrons. The number of rotatable bonds is 5. The molecule has 29 heavy (non-hydrogen) atoms. The lowest BCUT2D eigenvalue weighted by molar-refractivity contribution is 0.100. The maximum Gasteiger partial charge on any atom is 0.249 e. The van der Waals surface area contributed by atoms with Gasteiger partial charge in [0.2, 0.25) is 5.91 Å². The molecule has 0 unspecified atom stereocenters. The molecule has 3 N–H and O–H groups in total. The van der Waals surface area contributed by atoms with Crippen LogP contribution in [0, 0.1) is 0 Å². The second-order valence-corrected chi connectivity index (χ2v) is 7.39. The van der Waals surface area contributed by atoms with Crippen molar-refractivity contribution in [2.45, 2.75) is 18.9 Å². The molecule has 4 aromatic rings. The van der Waals surface area contributed by atoms with Crippen LogP contribution in [0.5, 0.6) is 0 Å². The Kier molecular flexibility index (Phi) is 4.21. The number of amides is 1. The molecule has 0 atom stereocenters. The van der Waals surface area contributed by atoms with Crippen LogP contribution in [0.15, 0.2) is 73.1 Å². The van der Waals surface area contributed by atoms with Gasteiger partial charge in [0.15, 0.2) is 0 Å². The number of hydrogen-bond acceptors (Lipinski definition) is 4. The Balaban J connectivity index is 1.81. The summed E-state index contributed by atoms with van der Waals surface area (Å²) in [4.78, 5) is 12.4. The lowest BCUT2D eigenvalue weighted by atomic mass is 9.88. The summed E-state index contributed by atoms with van der Waals surface area (Å²) in [6.45, 7) is 0. The van der Waals surface area contributed by atoms with Crippen molar-refractivity contribution >= 4 is 22.4 Å². The summed E-state index contributed by atoms with van der Waals surface area (Å²) in [6.07, 6.45) is 5.79. The molecular weight excluding hydrogens is 360 g/mol. The highest BCUT2D eigenvalue weighted by atomic mass is 16.1. The fraction of sp³-hybridized carbons (Fsp3) is 0.125. The Morgan fingerprint density at radius 3 is 2.34 bits per heavy atom. The molecule has 1 saturated carbocycles. The predicted octanol–water partition coefficient (Wildman–Crippen LogP) is 4.64. The SMILES string of the molecule is NC(=O)c1ccc(NC2CC2)c(-c2ccccc2)c1-c1ccc2cnncc2c1. The van der Waals surface area contributed by atoms with Gasteiger partial charge in [-0.15, -0.1) is 0 Å². The number of carbonyl (C=O) groups excluding carboxylic acids is 1. The van der Waals surface area contributed by atoms with E-state index < -0.39 is 5.91 Å². The van der Waals surface area contributed by atoms with Crippen LogP contribution in [0.25, 0.3) is 33.0 Å². The largest absolute Gasteiger partial charge is 0.382 e. The molecule has 1 aromatic heterocycles. The maximum absolute atomic E-state index is 12.4. The van der Waals surface area contributed by atoms with Crippen molar-refractivity contribution in [3.8, 4) is 22.3 Å². The number of anilines is 1. The fourth-order valence-corrected chi connectivity index (χ4v) is 3.73. The Morgan fingerprint density at radius 2 is 1.62 bits per heavy atom. The van der Waals surface area contributed by atoms with Crippen molar-refractivity contribution in [3.05, 3.63) is 78.6 Å². The smallest absolute Gasteiger partial charge is 0.249 e. The highest BCUT2D eigenvalue weighted by Gasteiger charge is 2.25. The van der Waals surface area contributed by atoms with Gasteiger partial charge in [-0.3, -0.25) is 4.79 Å². The van der Waals surface area contributed by atoms with E-state index in [2.05, 4.69) is 27.6 Å². The second-order valence-electron chi connectivity index (χ2n) is 7.39. The molecule has 1 amide bonds. The number of hydrogen-bond donors (Lipinski definition) is 2. The summed E-state index contributed by atoms with van der Waals surface area (Å²) in [5.41, 5.74) is 11.1. The molecule has 1 fully saturated rings. The molecule has 5 rings (SSSR count). The van der Waals surface area contributed by atoms with Gasteiger partial charge < -0.3 is 11.1 Å². The number of fused-ring (bicyclic) bond motifs is 1. The van der Waals surface area contributed by atoms with Gasteiger partial charge in [0, 0.05) is 39.2 Å². The maximum atomic E-state index is 12.4. The molecule has 1 heterocycles. The van der Waals surface area contributed by atoms with Gasteiger partial charge in [0.05, 0.1) is 12.4 Å². The zero-order valence-corrected chi connectivity index (χ0v) is 15.8. The van der Waals surface area contributed by atoms with E-state index in [9.17, 15) is 4.79 Å². The first-order valence-electron chi connectivity index (χ1n) is 9.70. The van der Waals surface area contributed by atoms with Crippen LogP contribution >= 0.6 is 0 Å². The molecule has 0 bridgehead atoms. The van der Waals surface area contributed by atoms with Crippen molar-refractivity contribution in [1.29, 1.82) is 0 Å². The standard InChI is InChI=1S/C24H20N4O/c25-24(29)20-10-11-21(28-19-8-9-19)23(15-4-2-1-3-5-15)22(20)16-6-7-17-13-26-27-14-18(17)12-16/h1-7,10-14,19,28H,8-9H2,(H2,25,29). The summed E-state index contributed by atoms with van der Waals surface area (Å²) >= 11 is 0. The number of nitrogens with zero attached hydrogens (tertiary/aromatic N) is 2. The molecule has 0 spiro atoms. The molecule has 0 saturated heterocycles. The Labute approximate surface area is 168 Å². The van der Waals surface area contributed by atoms with E-state index in [4.69, 9.17) is 5.73 Å². The molecule has 3 aromatic carbocycles. The Morgan fingerprint density at radius 1 is 0.862 bits per heavy atom. The van der Waals surface area contributed by atoms with Gasteiger partial charge in [-0.05, 0) is 42.2 Å². The summed E-state index contributed by atoms with van der Waals surface area (Å²) in [6, 6.07) is 20.5. The van der Waals surface area contributed by atoms with Crippen LogP contribution in [-0.4, -0.2) is 22.1 Å². The van der Waals surface area contributed by atoms with Gasteiger partial charge in [0.25, 0.3) is 0 Å². The molecule has 5 nitrogen and oxygen atoms in total.